The minimum atomic E-state index is -0.519. The normalized spacial score (nSPS) is 17.0. The first-order valence-electron chi connectivity index (χ1n) is 7.71. The van der Waals surface area contributed by atoms with E-state index in [4.69, 9.17) is 23.2 Å². The first-order valence-corrected chi connectivity index (χ1v) is 8.47. The number of amides is 2. The van der Waals surface area contributed by atoms with E-state index in [2.05, 4.69) is 5.32 Å². The van der Waals surface area contributed by atoms with Crippen molar-refractivity contribution in [2.24, 2.45) is 5.92 Å². The van der Waals surface area contributed by atoms with Gasteiger partial charge in [0.25, 0.3) is 0 Å². The number of hydrogen-bond donors (Lipinski definition) is 1. The van der Waals surface area contributed by atoms with Gasteiger partial charge in [-0.2, -0.15) is 0 Å². The number of benzene rings is 2. The van der Waals surface area contributed by atoms with Gasteiger partial charge in [-0.15, -0.1) is 0 Å². The molecule has 3 rings (SSSR count). The fourth-order valence-corrected chi connectivity index (χ4v) is 3.12. The van der Waals surface area contributed by atoms with Crippen molar-refractivity contribution < 1.29 is 14.0 Å². The van der Waals surface area contributed by atoms with Crippen LogP contribution >= 0.6 is 23.2 Å². The van der Waals surface area contributed by atoms with Crippen LogP contribution in [0.2, 0.25) is 10.0 Å². The zero-order valence-corrected chi connectivity index (χ0v) is 14.6. The van der Waals surface area contributed by atoms with Gasteiger partial charge in [0.15, 0.2) is 0 Å². The van der Waals surface area contributed by atoms with Crippen LogP contribution in [0.4, 0.5) is 10.1 Å². The molecule has 1 heterocycles. The highest BCUT2D eigenvalue weighted by atomic mass is 35.5. The van der Waals surface area contributed by atoms with Gasteiger partial charge in [0.2, 0.25) is 11.8 Å². The summed E-state index contributed by atoms with van der Waals surface area (Å²) in [5, 5.41) is 3.29. The number of nitrogens with one attached hydrogen (secondary N) is 1. The largest absolute Gasteiger partial charge is 0.337 e. The van der Waals surface area contributed by atoms with E-state index >= 15 is 0 Å². The Kier molecular flexibility index (Phi) is 5.25. The summed E-state index contributed by atoms with van der Waals surface area (Å²) in [6.07, 6.45) is 0.0818. The summed E-state index contributed by atoms with van der Waals surface area (Å²) in [6.45, 7) is 0.379. The maximum absolute atomic E-state index is 13.8. The minimum absolute atomic E-state index is 0.0818. The van der Waals surface area contributed by atoms with Crippen LogP contribution in [0.5, 0.6) is 0 Å². The maximum atomic E-state index is 13.8. The molecule has 0 aromatic heterocycles. The van der Waals surface area contributed by atoms with E-state index in [0.29, 0.717) is 16.3 Å². The van der Waals surface area contributed by atoms with Crippen LogP contribution < -0.4 is 5.32 Å². The minimum Gasteiger partial charge on any atom is -0.337 e. The molecule has 0 radical (unpaired) electrons. The summed E-state index contributed by atoms with van der Waals surface area (Å²) < 4.78 is 13.8. The van der Waals surface area contributed by atoms with Crippen LogP contribution in [0.15, 0.2) is 42.5 Å². The Morgan fingerprint density at radius 1 is 1.20 bits per heavy atom. The van der Waals surface area contributed by atoms with Crippen molar-refractivity contribution in [1.29, 1.82) is 0 Å². The molecule has 7 heteroatoms. The lowest BCUT2D eigenvalue weighted by molar-refractivity contribution is -0.128. The standard InChI is InChI=1S/C18H15Cl2FN2O2/c19-13-5-3-7-15(17(13)20)22-18(25)12-8-16(24)23(10-12)9-11-4-1-2-6-14(11)21/h1-7,12H,8-10H2,(H,22,25). The quantitative estimate of drug-likeness (QED) is 0.866. The lowest BCUT2D eigenvalue weighted by Gasteiger charge is -2.17. The van der Waals surface area contributed by atoms with Gasteiger partial charge < -0.3 is 10.2 Å². The first-order chi connectivity index (χ1) is 12.0. The number of anilines is 1. The highest BCUT2D eigenvalue weighted by Crippen LogP contribution is 2.30. The Balaban J connectivity index is 1.66. The average Bonchev–Trinajstić information content (AvgIpc) is 2.95. The van der Waals surface area contributed by atoms with Crippen LogP contribution in [0.3, 0.4) is 0 Å². The molecule has 130 valence electrons. The summed E-state index contributed by atoms with van der Waals surface area (Å²) in [6, 6.07) is 11.2. The molecule has 1 saturated heterocycles. The van der Waals surface area contributed by atoms with Gasteiger partial charge in [0.1, 0.15) is 5.82 Å². The molecule has 1 aliphatic heterocycles. The smallest absolute Gasteiger partial charge is 0.229 e. The predicted octanol–water partition coefficient (Wildman–Crippen LogP) is 4.12. The van der Waals surface area contributed by atoms with Crippen molar-refractivity contribution in [3.8, 4) is 0 Å². The Labute approximate surface area is 154 Å². The van der Waals surface area contributed by atoms with Crippen LogP contribution in [-0.2, 0) is 16.1 Å². The molecule has 2 aromatic carbocycles. The third-order valence-corrected chi connectivity index (χ3v) is 4.93. The van der Waals surface area contributed by atoms with E-state index in [1.165, 1.54) is 11.0 Å². The van der Waals surface area contributed by atoms with Gasteiger partial charge in [-0.3, -0.25) is 9.59 Å². The second-order valence-corrected chi connectivity index (χ2v) is 6.64. The second-order valence-electron chi connectivity index (χ2n) is 5.86. The fraction of sp³-hybridized carbons (Fsp3) is 0.222. The molecule has 1 aliphatic rings. The Bertz CT molecular complexity index is 828. The van der Waals surface area contributed by atoms with Crippen molar-refractivity contribution >= 4 is 40.7 Å². The number of hydrogen-bond acceptors (Lipinski definition) is 2. The summed E-state index contributed by atoms with van der Waals surface area (Å²) in [5.41, 5.74) is 0.828. The molecule has 25 heavy (non-hydrogen) atoms. The molecular formula is C18H15Cl2FN2O2. The van der Waals surface area contributed by atoms with E-state index in [1.54, 1.807) is 36.4 Å². The van der Waals surface area contributed by atoms with Crippen LogP contribution in [-0.4, -0.2) is 23.3 Å². The first kappa shape index (κ1) is 17.7. The second kappa shape index (κ2) is 7.42. The fourth-order valence-electron chi connectivity index (χ4n) is 2.77. The van der Waals surface area contributed by atoms with Crippen LogP contribution in [0.1, 0.15) is 12.0 Å². The van der Waals surface area contributed by atoms with E-state index in [9.17, 15) is 14.0 Å². The third kappa shape index (κ3) is 3.94. The van der Waals surface area contributed by atoms with Gasteiger partial charge in [-0.05, 0) is 18.2 Å². The third-order valence-electron chi connectivity index (χ3n) is 4.11. The van der Waals surface area contributed by atoms with E-state index < -0.39 is 5.92 Å². The lowest BCUT2D eigenvalue weighted by Crippen LogP contribution is -2.28. The Morgan fingerprint density at radius 2 is 1.96 bits per heavy atom. The molecule has 0 spiro atoms. The molecule has 1 fully saturated rings. The lowest BCUT2D eigenvalue weighted by atomic mass is 10.1. The predicted molar refractivity (Wildman–Crippen MR) is 95.0 cm³/mol. The number of nitrogens with zero attached hydrogens (tertiary/aromatic N) is 1. The molecule has 1 atom stereocenters. The molecule has 0 bridgehead atoms. The van der Waals surface area contributed by atoms with Crippen molar-refractivity contribution in [1.82, 2.24) is 4.90 Å². The van der Waals surface area contributed by atoms with Crippen molar-refractivity contribution in [2.45, 2.75) is 13.0 Å². The SMILES string of the molecule is O=C(Nc1cccc(Cl)c1Cl)C1CC(=O)N(Cc2ccccc2F)C1. The molecule has 1 N–H and O–H groups in total. The van der Waals surface area contributed by atoms with Crippen molar-refractivity contribution in [2.75, 3.05) is 11.9 Å². The molecular weight excluding hydrogens is 366 g/mol. The molecule has 0 saturated carbocycles. The summed E-state index contributed by atoms with van der Waals surface area (Å²) in [4.78, 5) is 26.1. The van der Waals surface area contributed by atoms with Gasteiger partial charge >= 0.3 is 0 Å². The zero-order valence-electron chi connectivity index (χ0n) is 13.1. The van der Waals surface area contributed by atoms with Crippen molar-refractivity contribution in [3.63, 3.8) is 0 Å². The summed E-state index contributed by atoms with van der Waals surface area (Å²) in [7, 11) is 0. The molecule has 2 aromatic rings. The van der Waals surface area contributed by atoms with Gasteiger partial charge in [-0.1, -0.05) is 47.5 Å². The number of rotatable bonds is 4. The zero-order chi connectivity index (χ0) is 18.0. The molecule has 2 amide bonds. The van der Waals surface area contributed by atoms with Gasteiger partial charge in [-0.25, -0.2) is 4.39 Å². The van der Waals surface area contributed by atoms with Crippen LogP contribution in [0.25, 0.3) is 0 Å². The Hall–Kier alpha value is -2.11. The maximum Gasteiger partial charge on any atom is 0.229 e. The summed E-state index contributed by atoms with van der Waals surface area (Å²) in [5.74, 6) is -1.38. The van der Waals surface area contributed by atoms with Crippen molar-refractivity contribution in [3.05, 3.63) is 63.9 Å². The monoisotopic (exact) mass is 380 g/mol. The highest BCUT2D eigenvalue weighted by Gasteiger charge is 2.34. The molecule has 4 nitrogen and oxygen atoms in total. The Morgan fingerprint density at radius 3 is 2.72 bits per heavy atom. The molecule has 1 unspecified atom stereocenters. The topological polar surface area (TPSA) is 49.4 Å². The molecule has 0 aliphatic carbocycles. The average molecular weight is 381 g/mol. The summed E-state index contributed by atoms with van der Waals surface area (Å²) >= 11 is 12.0. The van der Waals surface area contributed by atoms with Gasteiger partial charge in [0, 0.05) is 25.1 Å². The van der Waals surface area contributed by atoms with E-state index in [-0.39, 0.29) is 42.2 Å². The van der Waals surface area contributed by atoms with E-state index in [1.807, 2.05) is 0 Å². The number of carbonyl (C=O) groups excluding carboxylic acids is 2. The van der Waals surface area contributed by atoms with Crippen LogP contribution in [0, 0.1) is 11.7 Å². The number of halogens is 3. The van der Waals surface area contributed by atoms with E-state index in [0.717, 1.165) is 0 Å². The highest BCUT2D eigenvalue weighted by molar-refractivity contribution is 6.44. The number of carbonyl (C=O) groups is 2. The number of likely N-dealkylation sites (tertiary alicyclic amines) is 1. The van der Waals surface area contributed by atoms with Gasteiger partial charge in [0.05, 0.1) is 21.7 Å².